The van der Waals surface area contributed by atoms with E-state index in [1.165, 1.54) is 4.88 Å². The molecular formula is C9H8Br2N2S. The molecule has 5 heteroatoms. The average molecular weight is 336 g/mol. The minimum absolute atomic E-state index is 1.02. The maximum Gasteiger partial charge on any atom is 0.0924 e. The van der Waals surface area contributed by atoms with E-state index in [0.717, 1.165) is 19.6 Å². The van der Waals surface area contributed by atoms with Crippen molar-refractivity contribution in [2.75, 3.05) is 0 Å². The molecule has 2 aromatic heterocycles. The van der Waals surface area contributed by atoms with E-state index in [0.29, 0.717) is 0 Å². The molecule has 0 unspecified atom stereocenters. The van der Waals surface area contributed by atoms with Crippen LogP contribution >= 0.6 is 43.2 Å². The highest BCUT2D eigenvalue weighted by Crippen LogP contribution is 2.36. The molecule has 0 radical (unpaired) electrons. The van der Waals surface area contributed by atoms with Crippen molar-refractivity contribution in [1.29, 1.82) is 0 Å². The Hall–Kier alpha value is -0.130. The molecule has 0 atom stereocenters. The summed E-state index contributed by atoms with van der Waals surface area (Å²) in [4.78, 5) is 1.21. The van der Waals surface area contributed by atoms with E-state index in [9.17, 15) is 0 Å². The second kappa shape index (κ2) is 3.79. The lowest BCUT2D eigenvalue weighted by molar-refractivity contribution is 0.765. The summed E-state index contributed by atoms with van der Waals surface area (Å²) in [6.07, 6.45) is 0. The zero-order valence-electron chi connectivity index (χ0n) is 7.71. The van der Waals surface area contributed by atoms with Gasteiger partial charge in [0.25, 0.3) is 0 Å². The number of thiophene rings is 1. The summed E-state index contributed by atoms with van der Waals surface area (Å²) >= 11 is 8.72. The number of rotatable bonds is 1. The first-order valence-corrected chi connectivity index (χ1v) is 6.44. The zero-order valence-corrected chi connectivity index (χ0v) is 11.7. The Morgan fingerprint density at radius 1 is 1.36 bits per heavy atom. The number of aromatic nitrogens is 2. The number of nitrogens with zero attached hydrogens (tertiary/aromatic N) is 2. The molecule has 0 aliphatic heterocycles. The molecule has 0 saturated heterocycles. The van der Waals surface area contributed by atoms with Crippen molar-refractivity contribution < 1.29 is 0 Å². The molecule has 2 rings (SSSR count). The van der Waals surface area contributed by atoms with Gasteiger partial charge in [0, 0.05) is 7.05 Å². The van der Waals surface area contributed by atoms with Crippen LogP contribution in [0.25, 0.3) is 10.6 Å². The fraction of sp³-hybridized carbons (Fsp3) is 0.222. The first-order valence-electron chi connectivity index (χ1n) is 4.04. The molecule has 0 amide bonds. The first-order chi connectivity index (χ1) is 6.59. The van der Waals surface area contributed by atoms with Crippen molar-refractivity contribution in [1.82, 2.24) is 9.78 Å². The Labute approximate surface area is 103 Å². The van der Waals surface area contributed by atoms with E-state index in [4.69, 9.17) is 0 Å². The van der Waals surface area contributed by atoms with Crippen LogP contribution in [0.2, 0.25) is 0 Å². The second-order valence-electron chi connectivity index (χ2n) is 2.98. The van der Waals surface area contributed by atoms with Gasteiger partial charge in [-0.1, -0.05) is 0 Å². The molecule has 0 aliphatic carbocycles. The smallest absolute Gasteiger partial charge is 0.0924 e. The van der Waals surface area contributed by atoms with Gasteiger partial charge in [0.2, 0.25) is 0 Å². The summed E-state index contributed by atoms with van der Waals surface area (Å²) in [7, 11) is 1.96. The summed E-state index contributed by atoms with van der Waals surface area (Å²) in [5.74, 6) is 0. The van der Waals surface area contributed by atoms with E-state index in [1.54, 1.807) is 11.3 Å². The summed E-state index contributed by atoms with van der Waals surface area (Å²) in [5, 5.41) is 4.36. The molecule has 0 N–H and O–H groups in total. The maximum atomic E-state index is 4.36. The average Bonchev–Trinajstić information content (AvgIpc) is 2.60. The molecule has 0 aliphatic rings. The molecule has 0 fully saturated rings. The Balaban J connectivity index is 2.61. The molecule has 2 heterocycles. The third-order valence-electron chi connectivity index (χ3n) is 1.96. The van der Waals surface area contributed by atoms with Crippen molar-refractivity contribution in [3.05, 3.63) is 26.1 Å². The SMILES string of the molecule is Cc1nn(C)c(-c2ccc(Br)s2)c1Br. The number of hydrogen-bond donors (Lipinski definition) is 0. The summed E-state index contributed by atoms with van der Waals surface area (Å²) < 4.78 is 4.12. The van der Waals surface area contributed by atoms with Gasteiger partial charge in [-0.3, -0.25) is 4.68 Å². The Morgan fingerprint density at radius 2 is 2.07 bits per heavy atom. The van der Waals surface area contributed by atoms with Gasteiger partial charge in [-0.2, -0.15) is 5.10 Å². The fourth-order valence-corrected chi connectivity index (χ4v) is 3.49. The molecule has 0 saturated carbocycles. The normalized spacial score (nSPS) is 10.9. The van der Waals surface area contributed by atoms with Crippen LogP contribution in [0.15, 0.2) is 20.4 Å². The number of hydrogen-bond acceptors (Lipinski definition) is 2. The second-order valence-corrected chi connectivity index (χ2v) is 6.23. The lowest BCUT2D eigenvalue weighted by atomic mass is 10.3. The third kappa shape index (κ3) is 1.68. The molecule has 14 heavy (non-hydrogen) atoms. The lowest BCUT2D eigenvalue weighted by Gasteiger charge is -1.97. The predicted octanol–water partition coefficient (Wildman–Crippen LogP) is 3.98. The molecule has 0 aromatic carbocycles. The standard InChI is InChI=1S/C9H8Br2N2S/c1-5-8(11)9(13(2)12-5)6-3-4-7(10)14-6/h3-4H,1-2H3. The Morgan fingerprint density at radius 3 is 2.50 bits per heavy atom. The Kier molecular flexibility index (Phi) is 2.81. The third-order valence-corrected chi connectivity index (χ3v) is 4.54. The first kappa shape index (κ1) is 10.4. The zero-order chi connectivity index (χ0) is 10.3. The van der Waals surface area contributed by atoms with E-state index < -0.39 is 0 Å². The minimum atomic E-state index is 1.02. The quantitative estimate of drug-likeness (QED) is 0.770. The van der Waals surface area contributed by atoms with Crippen LogP contribution < -0.4 is 0 Å². The Bertz CT molecular complexity index is 473. The number of halogens is 2. The molecule has 0 bridgehead atoms. The predicted molar refractivity (Wildman–Crippen MR) is 66.7 cm³/mol. The summed E-state index contributed by atoms with van der Waals surface area (Å²) in [5.41, 5.74) is 2.16. The van der Waals surface area contributed by atoms with Gasteiger partial charge in [0.05, 0.1) is 24.5 Å². The van der Waals surface area contributed by atoms with Gasteiger partial charge in [0.15, 0.2) is 0 Å². The fourth-order valence-electron chi connectivity index (χ4n) is 1.34. The van der Waals surface area contributed by atoms with Gasteiger partial charge in [-0.15, -0.1) is 11.3 Å². The molecule has 2 aromatic rings. The van der Waals surface area contributed by atoms with Crippen LogP contribution in [0, 0.1) is 6.92 Å². The van der Waals surface area contributed by atoms with Crippen LogP contribution in [0.3, 0.4) is 0 Å². The van der Waals surface area contributed by atoms with E-state index in [-0.39, 0.29) is 0 Å². The maximum absolute atomic E-state index is 4.36. The molecule has 2 nitrogen and oxygen atoms in total. The highest BCUT2D eigenvalue weighted by atomic mass is 79.9. The molecule has 0 spiro atoms. The van der Waals surface area contributed by atoms with Gasteiger partial charge < -0.3 is 0 Å². The van der Waals surface area contributed by atoms with Crippen LogP contribution in [0.1, 0.15) is 5.69 Å². The van der Waals surface area contributed by atoms with Crippen LogP contribution in [-0.2, 0) is 7.05 Å². The van der Waals surface area contributed by atoms with E-state index >= 15 is 0 Å². The van der Waals surface area contributed by atoms with Crippen LogP contribution in [-0.4, -0.2) is 9.78 Å². The molecular weight excluding hydrogens is 328 g/mol. The van der Waals surface area contributed by atoms with Gasteiger partial charge in [-0.05, 0) is 50.9 Å². The lowest BCUT2D eigenvalue weighted by Crippen LogP contribution is -1.92. The van der Waals surface area contributed by atoms with Crippen molar-refractivity contribution >= 4 is 43.2 Å². The van der Waals surface area contributed by atoms with Crippen molar-refractivity contribution in [2.45, 2.75) is 6.92 Å². The minimum Gasteiger partial charge on any atom is -0.266 e. The summed E-state index contributed by atoms with van der Waals surface area (Å²) in [6.45, 7) is 2.00. The highest BCUT2D eigenvalue weighted by molar-refractivity contribution is 9.11. The monoisotopic (exact) mass is 334 g/mol. The van der Waals surface area contributed by atoms with Crippen molar-refractivity contribution in [2.24, 2.45) is 7.05 Å². The van der Waals surface area contributed by atoms with Crippen molar-refractivity contribution in [3.63, 3.8) is 0 Å². The topological polar surface area (TPSA) is 17.8 Å². The van der Waals surface area contributed by atoms with E-state index in [1.807, 2.05) is 18.7 Å². The molecule has 74 valence electrons. The van der Waals surface area contributed by atoms with Crippen LogP contribution in [0.4, 0.5) is 0 Å². The van der Waals surface area contributed by atoms with E-state index in [2.05, 4.69) is 49.1 Å². The number of aryl methyl sites for hydroxylation is 2. The van der Waals surface area contributed by atoms with Crippen molar-refractivity contribution in [3.8, 4) is 10.6 Å². The summed E-state index contributed by atoms with van der Waals surface area (Å²) in [6, 6.07) is 4.14. The highest BCUT2D eigenvalue weighted by Gasteiger charge is 2.13. The van der Waals surface area contributed by atoms with Gasteiger partial charge >= 0.3 is 0 Å². The van der Waals surface area contributed by atoms with Gasteiger partial charge in [-0.25, -0.2) is 0 Å². The van der Waals surface area contributed by atoms with Crippen LogP contribution in [0.5, 0.6) is 0 Å². The van der Waals surface area contributed by atoms with Gasteiger partial charge in [0.1, 0.15) is 0 Å². The largest absolute Gasteiger partial charge is 0.266 e.